The Bertz CT molecular complexity index is 1000. The summed E-state index contributed by atoms with van der Waals surface area (Å²) in [5, 5.41) is 2.88. The van der Waals surface area contributed by atoms with Crippen LogP contribution in [0.3, 0.4) is 0 Å². The van der Waals surface area contributed by atoms with E-state index in [9.17, 15) is 31.5 Å². The number of esters is 1. The van der Waals surface area contributed by atoms with Crippen LogP contribution in [0.1, 0.15) is 50.3 Å². The third-order valence-corrected chi connectivity index (χ3v) is 5.62. The number of carbonyl (C=O) groups is 2. The molecule has 0 aliphatic carbocycles. The van der Waals surface area contributed by atoms with Crippen LogP contribution in [0.5, 0.6) is 5.75 Å². The van der Waals surface area contributed by atoms with Crippen molar-refractivity contribution in [2.24, 2.45) is 0 Å². The minimum atomic E-state index is -5.81. The van der Waals surface area contributed by atoms with Gasteiger partial charge in [0.05, 0.1) is 18.0 Å². The molecule has 1 aromatic carbocycles. The lowest BCUT2D eigenvalue weighted by Gasteiger charge is -2.40. The van der Waals surface area contributed by atoms with E-state index in [4.69, 9.17) is 9.47 Å². The second-order valence-corrected chi connectivity index (χ2v) is 8.33. The highest BCUT2D eigenvalue weighted by Crippen LogP contribution is 2.50. The summed E-state index contributed by atoms with van der Waals surface area (Å²) >= 11 is 0. The number of hydrogen-bond donors (Lipinski definition) is 1. The number of nitrogens with one attached hydrogen (secondary N) is 1. The number of ether oxygens (including phenoxy) is 2. The number of likely N-dealkylation sites (tertiary alicyclic amines) is 1. The molecule has 0 bridgehead atoms. The Morgan fingerprint density at radius 2 is 1.91 bits per heavy atom. The van der Waals surface area contributed by atoms with Crippen LogP contribution in [0.15, 0.2) is 17.8 Å². The molecule has 1 saturated heterocycles. The van der Waals surface area contributed by atoms with Crippen LogP contribution in [0.25, 0.3) is 5.70 Å². The number of halogens is 5. The molecule has 0 unspecified atom stereocenters. The van der Waals surface area contributed by atoms with Crippen molar-refractivity contribution >= 4 is 17.6 Å². The average Bonchev–Trinajstić information content (AvgIpc) is 3.10. The van der Waals surface area contributed by atoms with E-state index < -0.39 is 29.2 Å². The highest BCUT2D eigenvalue weighted by Gasteiger charge is 2.60. The van der Waals surface area contributed by atoms with E-state index in [1.54, 1.807) is 20.8 Å². The molecule has 2 aliphatic heterocycles. The summed E-state index contributed by atoms with van der Waals surface area (Å²) in [7, 11) is 0. The van der Waals surface area contributed by atoms with Crippen LogP contribution in [0, 0.1) is 6.92 Å². The van der Waals surface area contributed by atoms with E-state index in [2.05, 4.69) is 5.32 Å². The number of carbonyl (C=O) groups excluding carboxylic acids is 2. The van der Waals surface area contributed by atoms with Crippen LogP contribution >= 0.6 is 0 Å². The summed E-state index contributed by atoms with van der Waals surface area (Å²) in [5.74, 6) is -5.96. The molecule has 2 heterocycles. The number of hydrogen-bond acceptors (Lipinski definition) is 5. The molecular formula is C22H25F5N2O4. The van der Waals surface area contributed by atoms with Crippen molar-refractivity contribution < 1.29 is 41.0 Å². The molecule has 33 heavy (non-hydrogen) atoms. The molecule has 0 saturated carbocycles. The highest BCUT2D eigenvalue weighted by atomic mass is 19.4. The zero-order valence-corrected chi connectivity index (χ0v) is 18.7. The Morgan fingerprint density at radius 3 is 2.45 bits per heavy atom. The molecule has 1 N–H and O–H groups in total. The van der Waals surface area contributed by atoms with Crippen LogP contribution in [0.4, 0.5) is 22.0 Å². The molecule has 0 atom stereocenters. The topological polar surface area (TPSA) is 67.9 Å². The first-order valence-electron chi connectivity index (χ1n) is 10.4. The maximum Gasteiger partial charge on any atom is 0.458 e. The van der Waals surface area contributed by atoms with Gasteiger partial charge in [0.2, 0.25) is 5.91 Å². The quantitative estimate of drug-likeness (QED) is 0.491. The first-order valence-corrected chi connectivity index (χ1v) is 10.4. The Balaban J connectivity index is 2.25. The van der Waals surface area contributed by atoms with Crippen molar-refractivity contribution in [3.8, 4) is 5.75 Å². The summed E-state index contributed by atoms with van der Waals surface area (Å²) < 4.78 is 79.0. The Morgan fingerprint density at radius 1 is 1.24 bits per heavy atom. The number of alkyl halides is 5. The van der Waals surface area contributed by atoms with Gasteiger partial charge >= 0.3 is 18.1 Å². The summed E-state index contributed by atoms with van der Waals surface area (Å²) in [5.41, 5.74) is -2.45. The SMILES string of the molecule is CCOC(=O)CNC1=C(N2CCCC2=O)c2c(ccc(C(F)(F)C(F)(F)F)c2C)OC1(C)C. The van der Waals surface area contributed by atoms with Crippen molar-refractivity contribution in [3.05, 3.63) is 34.5 Å². The Kier molecular flexibility index (Phi) is 6.38. The second-order valence-electron chi connectivity index (χ2n) is 8.33. The maximum absolute atomic E-state index is 14.3. The van der Waals surface area contributed by atoms with Gasteiger partial charge in [0.25, 0.3) is 0 Å². The van der Waals surface area contributed by atoms with Gasteiger partial charge in [-0.25, -0.2) is 0 Å². The largest absolute Gasteiger partial charge is 0.481 e. The molecule has 11 heteroatoms. The minimum Gasteiger partial charge on any atom is -0.481 e. The summed E-state index contributed by atoms with van der Waals surface area (Å²) in [6.45, 7) is 6.10. The van der Waals surface area contributed by atoms with Crippen molar-refractivity contribution in [3.63, 3.8) is 0 Å². The van der Waals surface area contributed by atoms with Crippen molar-refractivity contribution in [2.75, 3.05) is 19.7 Å². The van der Waals surface area contributed by atoms with Gasteiger partial charge in [-0.3, -0.25) is 9.59 Å². The van der Waals surface area contributed by atoms with Gasteiger partial charge in [-0.2, -0.15) is 22.0 Å². The molecule has 6 nitrogen and oxygen atoms in total. The Labute approximate surface area is 187 Å². The third kappa shape index (κ3) is 4.37. The molecule has 0 spiro atoms. The molecule has 1 aromatic rings. The van der Waals surface area contributed by atoms with Gasteiger partial charge in [0, 0.05) is 24.1 Å². The lowest BCUT2D eigenvalue weighted by atomic mass is 9.88. The number of benzene rings is 1. The van der Waals surface area contributed by atoms with E-state index in [-0.39, 0.29) is 60.3 Å². The maximum atomic E-state index is 14.3. The molecule has 1 fully saturated rings. The number of amides is 1. The molecule has 3 rings (SSSR count). The molecule has 2 aliphatic rings. The smallest absolute Gasteiger partial charge is 0.458 e. The van der Waals surface area contributed by atoms with Gasteiger partial charge in [0.15, 0.2) is 0 Å². The van der Waals surface area contributed by atoms with Crippen LogP contribution in [-0.2, 0) is 20.2 Å². The molecular weight excluding hydrogens is 451 g/mol. The number of fused-ring (bicyclic) bond motifs is 1. The number of nitrogens with zero attached hydrogens (tertiary/aromatic N) is 1. The first kappa shape index (κ1) is 24.8. The monoisotopic (exact) mass is 476 g/mol. The predicted molar refractivity (Wildman–Crippen MR) is 108 cm³/mol. The molecule has 1 amide bonds. The first-order chi connectivity index (χ1) is 15.2. The van der Waals surface area contributed by atoms with Crippen LogP contribution in [-0.4, -0.2) is 48.3 Å². The fraction of sp³-hybridized carbons (Fsp3) is 0.545. The second kappa shape index (κ2) is 8.49. The molecule has 0 aromatic heterocycles. The summed E-state index contributed by atoms with van der Waals surface area (Å²) in [4.78, 5) is 25.9. The van der Waals surface area contributed by atoms with E-state index in [1.807, 2.05) is 0 Å². The zero-order chi connectivity index (χ0) is 24.8. The average molecular weight is 476 g/mol. The van der Waals surface area contributed by atoms with E-state index in [0.717, 1.165) is 13.0 Å². The molecule has 182 valence electrons. The van der Waals surface area contributed by atoms with E-state index in [0.29, 0.717) is 12.5 Å². The lowest BCUT2D eigenvalue weighted by molar-refractivity contribution is -0.289. The minimum absolute atomic E-state index is 0.0441. The van der Waals surface area contributed by atoms with Crippen LogP contribution in [0.2, 0.25) is 0 Å². The van der Waals surface area contributed by atoms with Gasteiger partial charge in [-0.1, -0.05) is 0 Å². The highest BCUT2D eigenvalue weighted by molar-refractivity contribution is 5.92. The summed E-state index contributed by atoms with van der Waals surface area (Å²) in [6.07, 6.45) is -5.12. The van der Waals surface area contributed by atoms with Crippen molar-refractivity contribution in [2.45, 2.75) is 58.2 Å². The Hall–Kier alpha value is -2.85. The fourth-order valence-corrected chi connectivity index (χ4v) is 4.12. The summed E-state index contributed by atoms with van der Waals surface area (Å²) in [6, 6.07) is 1.75. The molecule has 0 radical (unpaired) electrons. The zero-order valence-electron chi connectivity index (χ0n) is 18.7. The predicted octanol–water partition coefficient (Wildman–Crippen LogP) is 4.26. The van der Waals surface area contributed by atoms with Gasteiger partial charge < -0.3 is 19.7 Å². The lowest BCUT2D eigenvalue weighted by Crippen LogP contribution is -2.46. The number of rotatable bonds is 6. The van der Waals surface area contributed by atoms with Gasteiger partial charge in [-0.15, -0.1) is 0 Å². The van der Waals surface area contributed by atoms with E-state index in [1.165, 1.54) is 4.90 Å². The normalized spacial score (nSPS) is 18.2. The fourth-order valence-electron chi connectivity index (χ4n) is 4.12. The standard InChI is InChI=1S/C22H25F5N2O4/c1-5-32-16(31)11-28-19-18(29-10-6-7-15(29)30)17-12(2)13(21(23,24)22(25,26)27)8-9-14(17)33-20(19,3)4/h8-9,28H,5-7,10-11H2,1-4H3. The third-order valence-electron chi connectivity index (χ3n) is 5.62. The van der Waals surface area contributed by atoms with Gasteiger partial charge in [-0.05, 0) is 51.8 Å². The van der Waals surface area contributed by atoms with Gasteiger partial charge in [0.1, 0.15) is 17.9 Å². The van der Waals surface area contributed by atoms with Crippen LogP contribution < -0.4 is 10.1 Å². The van der Waals surface area contributed by atoms with Crippen molar-refractivity contribution in [1.29, 1.82) is 0 Å². The van der Waals surface area contributed by atoms with E-state index >= 15 is 0 Å². The van der Waals surface area contributed by atoms with Crippen molar-refractivity contribution in [1.82, 2.24) is 10.2 Å².